The lowest BCUT2D eigenvalue weighted by atomic mass is 10.8. The molecule has 0 aliphatic heterocycles. The van der Waals surface area contributed by atoms with Crippen LogP contribution in [0.3, 0.4) is 0 Å². The van der Waals surface area contributed by atoms with Crippen LogP contribution in [0, 0.1) is 0 Å². The summed E-state index contributed by atoms with van der Waals surface area (Å²) in [5, 5.41) is 5.35. The SMILES string of the molecule is COCCS(N)(F)CCOC. The summed E-state index contributed by atoms with van der Waals surface area (Å²) in [6.45, 7) is 0.762. The standard InChI is InChI=1S/C6H16FNO2S/c1-9-3-5-11(7,8)6-4-10-2/h3-6,8H2,1-2H3. The van der Waals surface area contributed by atoms with Gasteiger partial charge in [-0.25, -0.2) is 0 Å². The van der Waals surface area contributed by atoms with Crippen LogP contribution in [0.4, 0.5) is 3.89 Å². The van der Waals surface area contributed by atoms with Crippen LogP contribution < -0.4 is 5.14 Å². The van der Waals surface area contributed by atoms with Gasteiger partial charge in [-0.05, 0) is 10.6 Å². The van der Waals surface area contributed by atoms with Crippen molar-refractivity contribution in [2.75, 3.05) is 38.9 Å². The van der Waals surface area contributed by atoms with E-state index in [1.807, 2.05) is 0 Å². The van der Waals surface area contributed by atoms with Crippen LogP contribution in [-0.2, 0) is 9.47 Å². The lowest BCUT2D eigenvalue weighted by Gasteiger charge is -2.24. The smallest absolute Gasteiger partial charge is 0.0572 e. The Bertz CT molecular complexity index is 92.6. The van der Waals surface area contributed by atoms with E-state index in [1.54, 1.807) is 0 Å². The van der Waals surface area contributed by atoms with Crippen molar-refractivity contribution in [1.82, 2.24) is 0 Å². The molecule has 70 valence electrons. The molecular formula is C6H16FNO2S. The van der Waals surface area contributed by atoms with Gasteiger partial charge in [0.15, 0.2) is 0 Å². The Kier molecular flexibility index (Phi) is 5.85. The van der Waals surface area contributed by atoms with Crippen molar-refractivity contribution >= 4 is 10.6 Å². The Hall–Kier alpha value is 0.160. The summed E-state index contributed by atoms with van der Waals surface area (Å²) in [6.07, 6.45) is 0. The van der Waals surface area contributed by atoms with Crippen molar-refractivity contribution in [3.63, 3.8) is 0 Å². The van der Waals surface area contributed by atoms with Gasteiger partial charge in [0.1, 0.15) is 0 Å². The predicted octanol–water partition coefficient (Wildman–Crippen LogP) is 0.842. The number of rotatable bonds is 6. The molecule has 0 spiro atoms. The first-order valence-corrected chi connectivity index (χ1v) is 5.30. The molecule has 0 aromatic rings. The van der Waals surface area contributed by atoms with Crippen LogP contribution in [-0.4, -0.2) is 38.9 Å². The molecule has 11 heavy (non-hydrogen) atoms. The van der Waals surface area contributed by atoms with Gasteiger partial charge in [0.05, 0.1) is 13.2 Å². The van der Waals surface area contributed by atoms with Crippen LogP contribution in [0.1, 0.15) is 0 Å². The zero-order valence-electron chi connectivity index (χ0n) is 7.01. The first-order valence-electron chi connectivity index (χ1n) is 3.36. The molecular weight excluding hydrogens is 169 g/mol. The van der Waals surface area contributed by atoms with Crippen LogP contribution in [0.5, 0.6) is 0 Å². The normalized spacial score (nSPS) is 13.5. The average molecular weight is 185 g/mol. The van der Waals surface area contributed by atoms with Crippen LogP contribution in [0.2, 0.25) is 0 Å². The van der Waals surface area contributed by atoms with Crippen molar-refractivity contribution in [2.24, 2.45) is 5.14 Å². The van der Waals surface area contributed by atoms with Crippen LogP contribution in [0.25, 0.3) is 0 Å². The average Bonchev–Trinajstić information content (AvgIpc) is 1.97. The highest BCUT2D eigenvalue weighted by Crippen LogP contribution is 2.39. The summed E-state index contributed by atoms with van der Waals surface area (Å²) in [6, 6.07) is 0. The molecule has 0 heterocycles. The Morgan fingerprint density at radius 1 is 1.18 bits per heavy atom. The maximum atomic E-state index is 13.2. The van der Waals surface area contributed by atoms with Crippen LogP contribution in [0.15, 0.2) is 0 Å². The lowest BCUT2D eigenvalue weighted by molar-refractivity contribution is 0.213. The number of hydrogen-bond donors (Lipinski definition) is 1. The van der Waals surface area contributed by atoms with Gasteiger partial charge in [-0.15, -0.1) is 0 Å². The molecule has 0 aromatic carbocycles. The molecule has 2 N–H and O–H groups in total. The molecule has 0 unspecified atom stereocenters. The predicted molar refractivity (Wildman–Crippen MR) is 46.4 cm³/mol. The molecule has 3 nitrogen and oxygen atoms in total. The molecule has 0 aromatic heterocycles. The fourth-order valence-corrected chi connectivity index (χ4v) is 1.64. The van der Waals surface area contributed by atoms with E-state index in [-0.39, 0.29) is 0 Å². The van der Waals surface area contributed by atoms with E-state index in [1.165, 1.54) is 14.2 Å². The summed E-state index contributed by atoms with van der Waals surface area (Å²) < 4.78 is 22.6. The number of ether oxygens (including phenoxy) is 2. The molecule has 0 bridgehead atoms. The Morgan fingerprint density at radius 2 is 1.55 bits per heavy atom. The van der Waals surface area contributed by atoms with E-state index in [4.69, 9.17) is 14.6 Å². The third-order valence-electron chi connectivity index (χ3n) is 1.25. The second-order valence-electron chi connectivity index (χ2n) is 2.24. The first-order chi connectivity index (χ1) is 5.12. The largest absolute Gasteiger partial charge is 0.384 e. The number of hydrogen-bond acceptors (Lipinski definition) is 3. The van der Waals surface area contributed by atoms with Gasteiger partial charge in [0, 0.05) is 25.7 Å². The Morgan fingerprint density at radius 3 is 1.82 bits per heavy atom. The molecule has 0 radical (unpaired) electrons. The van der Waals surface area contributed by atoms with E-state index in [0.717, 1.165) is 0 Å². The van der Waals surface area contributed by atoms with Gasteiger partial charge in [0.25, 0.3) is 0 Å². The fraction of sp³-hybridized carbons (Fsp3) is 1.00. The van der Waals surface area contributed by atoms with E-state index in [9.17, 15) is 3.89 Å². The van der Waals surface area contributed by atoms with Gasteiger partial charge in [-0.2, -0.15) is 3.89 Å². The summed E-state index contributed by atoms with van der Waals surface area (Å²) in [5.74, 6) is 0.597. The molecule has 0 aliphatic rings. The maximum absolute atomic E-state index is 13.2. The van der Waals surface area contributed by atoms with E-state index < -0.39 is 10.6 Å². The molecule has 0 rings (SSSR count). The lowest BCUT2D eigenvalue weighted by Crippen LogP contribution is -2.19. The van der Waals surface area contributed by atoms with Gasteiger partial charge in [-0.3, -0.25) is 5.14 Å². The number of halogens is 1. The molecule has 0 atom stereocenters. The van der Waals surface area contributed by atoms with Crippen molar-refractivity contribution in [3.8, 4) is 0 Å². The fourth-order valence-electron chi connectivity index (χ4n) is 0.546. The Labute approximate surface area is 68.8 Å². The topological polar surface area (TPSA) is 44.5 Å². The van der Waals surface area contributed by atoms with Crippen LogP contribution >= 0.6 is 10.6 Å². The van der Waals surface area contributed by atoms with E-state index in [2.05, 4.69) is 0 Å². The summed E-state index contributed by atoms with van der Waals surface area (Å²) >= 11 is 0. The first kappa shape index (κ1) is 11.2. The molecule has 0 fully saturated rings. The molecule has 0 saturated carbocycles. The zero-order chi connectivity index (χ0) is 8.74. The summed E-state index contributed by atoms with van der Waals surface area (Å²) in [5.41, 5.74) is 0. The van der Waals surface area contributed by atoms with Gasteiger partial charge in [0.2, 0.25) is 0 Å². The second kappa shape index (κ2) is 5.77. The van der Waals surface area contributed by atoms with E-state index in [0.29, 0.717) is 24.7 Å². The highest BCUT2D eigenvalue weighted by molar-refractivity contribution is 8.27. The van der Waals surface area contributed by atoms with Gasteiger partial charge in [-0.1, -0.05) is 0 Å². The third kappa shape index (κ3) is 6.55. The van der Waals surface area contributed by atoms with Crippen molar-refractivity contribution in [1.29, 1.82) is 0 Å². The molecule has 5 heteroatoms. The van der Waals surface area contributed by atoms with Crippen molar-refractivity contribution in [3.05, 3.63) is 0 Å². The monoisotopic (exact) mass is 185 g/mol. The minimum absolute atomic E-state index is 0.298. The maximum Gasteiger partial charge on any atom is 0.0572 e. The quantitative estimate of drug-likeness (QED) is 0.667. The summed E-state index contributed by atoms with van der Waals surface area (Å²) in [4.78, 5) is 0. The Balaban J connectivity index is 3.43. The number of nitrogens with two attached hydrogens (primary N) is 1. The van der Waals surface area contributed by atoms with E-state index >= 15 is 0 Å². The minimum Gasteiger partial charge on any atom is -0.384 e. The highest BCUT2D eigenvalue weighted by atomic mass is 32.3. The van der Waals surface area contributed by atoms with Gasteiger partial charge >= 0.3 is 0 Å². The third-order valence-corrected chi connectivity index (χ3v) is 2.94. The zero-order valence-corrected chi connectivity index (χ0v) is 7.82. The highest BCUT2D eigenvalue weighted by Gasteiger charge is 2.16. The minimum atomic E-state index is -2.46. The molecule has 0 saturated heterocycles. The second-order valence-corrected chi connectivity index (χ2v) is 4.74. The molecule has 0 amide bonds. The summed E-state index contributed by atoms with van der Waals surface area (Å²) in [7, 11) is 0.611. The van der Waals surface area contributed by atoms with Gasteiger partial charge < -0.3 is 9.47 Å². The van der Waals surface area contributed by atoms with Crippen molar-refractivity contribution < 1.29 is 13.4 Å². The van der Waals surface area contributed by atoms with Crippen molar-refractivity contribution in [2.45, 2.75) is 0 Å². The molecule has 0 aliphatic carbocycles. The number of methoxy groups -OCH3 is 2.